The van der Waals surface area contributed by atoms with Gasteiger partial charge in [-0.3, -0.25) is 9.59 Å². The predicted octanol–water partition coefficient (Wildman–Crippen LogP) is 0.686. The van der Waals surface area contributed by atoms with E-state index in [4.69, 9.17) is 14.9 Å². The summed E-state index contributed by atoms with van der Waals surface area (Å²) in [4.78, 5) is 31.7. The van der Waals surface area contributed by atoms with E-state index in [1.165, 1.54) is 6.33 Å². The Bertz CT molecular complexity index is 971. The van der Waals surface area contributed by atoms with E-state index in [2.05, 4.69) is 15.3 Å². The van der Waals surface area contributed by atoms with Crippen LogP contribution in [0.3, 0.4) is 0 Å². The van der Waals surface area contributed by atoms with Gasteiger partial charge in [0.2, 0.25) is 5.91 Å². The summed E-state index contributed by atoms with van der Waals surface area (Å²) >= 11 is 0. The minimum absolute atomic E-state index is 0.237. The first-order chi connectivity index (χ1) is 13.0. The van der Waals surface area contributed by atoms with E-state index < -0.39 is 24.5 Å². The molecule has 0 aliphatic heterocycles. The van der Waals surface area contributed by atoms with Crippen molar-refractivity contribution in [1.29, 1.82) is 0 Å². The van der Waals surface area contributed by atoms with Crippen LogP contribution in [0.1, 0.15) is 21.8 Å². The van der Waals surface area contributed by atoms with Crippen molar-refractivity contribution in [2.45, 2.75) is 19.6 Å². The van der Waals surface area contributed by atoms with Gasteiger partial charge in [-0.25, -0.2) is 9.97 Å². The second-order valence-corrected chi connectivity index (χ2v) is 5.79. The van der Waals surface area contributed by atoms with Crippen molar-refractivity contribution in [3.8, 4) is 5.75 Å². The zero-order valence-corrected chi connectivity index (χ0v) is 14.5. The van der Waals surface area contributed by atoms with Crippen LogP contribution in [0.25, 0.3) is 11.0 Å². The zero-order chi connectivity index (χ0) is 19.4. The van der Waals surface area contributed by atoms with E-state index in [1.54, 1.807) is 37.4 Å². The highest BCUT2D eigenvalue weighted by atomic mass is 16.5. The highest BCUT2D eigenvalue weighted by molar-refractivity contribution is 6.08. The van der Waals surface area contributed by atoms with Gasteiger partial charge in [0.1, 0.15) is 36.1 Å². The van der Waals surface area contributed by atoms with Crippen LogP contribution in [-0.2, 0) is 11.4 Å². The van der Waals surface area contributed by atoms with Crippen molar-refractivity contribution >= 4 is 22.8 Å². The van der Waals surface area contributed by atoms with Crippen LogP contribution in [0.5, 0.6) is 5.75 Å². The predicted molar refractivity (Wildman–Crippen MR) is 94.8 cm³/mol. The van der Waals surface area contributed by atoms with Crippen LogP contribution >= 0.6 is 0 Å². The molecule has 0 bridgehead atoms. The van der Waals surface area contributed by atoms with E-state index in [1.807, 2.05) is 0 Å². The summed E-state index contributed by atoms with van der Waals surface area (Å²) in [5.74, 6) is -0.511. The number of aliphatic hydroxyl groups is 1. The summed E-state index contributed by atoms with van der Waals surface area (Å²) in [7, 11) is 0. The molecule has 1 unspecified atom stereocenters. The molecule has 0 aliphatic rings. The smallest absolute Gasteiger partial charge is 0.256 e. The van der Waals surface area contributed by atoms with E-state index in [0.29, 0.717) is 28.2 Å². The van der Waals surface area contributed by atoms with Crippen molar-refractivity contribution in [2.24, 2.45) is 5.73 Å². The molecule has 3 rings (SSSR count). The van der Waals surface area contributed by atoms with Gasteiger partial charge in [0.15, 0.2) is 0 Å². The highest BCUT2D eigenvalue weighted by Gasteiger charge is 2.23. The molecule has 0 spiro atoms. The Morgan fingerprint density at radius 3 is 2.85 bits per heavy atom. The molecule has 140 valence electrons. The number of nitrogens with one attached hydrogen (secondary N) is 1. The molecule has 0 fully saturated rings. The van der Waals surface area contributed by atoms with Crippen molar-refractivity contribution in [2.75, 3.05) is 6.61 Å². The minimum atomic E-state index is -1.18. The number of nitrogens with zero attached hydrogens (tertiary/aromatic N) is 2. The fourth-order valence-corrected chi connectivity index (χ4v) is 2.57. The van der Waals surface area contributed by atoms with Crippen molar-refractivity contribution in [3.05, 3.63) is 53.8 Å². The van der Waals surface area contributed by atoms with Crippen LogP contribution in [0, 0.1) is 6.92 Å². The monoisotopic (exact) mass is 370 g/mol. The van der Waals surface area contributed by atoms with Gasteiger partial charge in [-0.1, -0.05) is 0 Å². The Labute approximate surface area is 154 Å². The second kappa shape index (κ2) is 7.83. The van der Waals surface area contributed by atoms with Crippen molar-refractivity contribution < 1.29 is 23.8 Å². The van der Waals surface area contributed by atoms with Gasteiger partial charge < -0.3 is 25.3 Å². The first kappa shape index (κ1) is 18.3. The molecule has 1 atom stereocenters. The first-order valence-corrected chi connectivity index (χ1v) is 8.11. The molecule has 3 aromatic rings. The fraction of sp³-hybridized carbons (Fsp3) is 0.222. The molecule has 0 saturated carbocycles. The topological polar surface area (TPSA) is 141 Å². The number of hydrogen-bond donors (Lipinski definition) is 3. The van der Waals surface area contributed by atoms with Gasteiger partial charge in [-0.05, 0) is 31.2 Å². The third-order valence-electron chi connectivity index (χ3n) is 3.92. The lowest BCUT2D eigenvalue weighted by atomic mass is 10.1. The van der Waals surface area contributed by atoms with Gasteiger partial charge in [0.05, 0.1) is 17.9 Å². The molecular weight excluding hydrogens is 352 g/mol. The molecular formula is C18H18N4O5. The first-order valence-electron chi connectivity index (χ1n) is 8.11. The van der Waals surface area contributed by atoms with Crippen LogP contribution in [0.2, 0.25) is 0 Å². The number of rotatable bonds is 7. The summed E-state index contributed by atoms with van der Waals surface area (Å²) in [6.45, 7) is 1.28. The number of carbonyl (C=O) groups is 2. The number of fused-ring (bicyclic) bond motifs is 1. The van der Waals surface area contributed by atoms with Crippen molar-refractivity contribution in [1.82, 2.24) is 15.3 Å². The van der Waals surface area contributed by atoms with Crippen LogP contribution < -0.4 is 15.8 Å². The lowest BCUT2D eigenvalue weighted by Crippen LogP contribution is -2.46. The molecule has 2 aromatic heterocycles. The third-order valence-corrected chi connectivity index (χ3v) is 3.92. The minimum Gasteiger partial charge on any atom is -0.487 e. The molecule has 2 heterocycles. The van der Waals surface area contributed by atoms with Gasteiger partial charge >= 0.3 is 0 Å². The average molecular weight is 370 g/mol. The average Bonchev–Trinajstić information content (AvgIpc) is 3.00. The number of amides is 2. The summed E-state index contributed by atoms with van der Waals surface area (Å²) in [6.07, 6.45) is 3.05. The number of hydrogen-bond acceptors (Lipinski definition) is 7. The van der Waals surface area contributed by atoms with E-state index in [-0.39, 0.29) is 12.2 Å². The Balaban J connectivity index is 1.86. The second-order valence-electron chi connectivity index (χ2n) is 5.79. The molecule has 4 N–H and O–H groups in total. The number of furan rings is 1. The summed E-state index contributed by atoms with van der Waals surface area (Å²) in [5, 5.41) is 12.1. The van der Waals surface area contributed by atoms with E-state index in [9.17, 15) is 14.7 Å². The van der Waals surface area contributed by atoms with Crippen molar-refractivity contribution in [3.63, 3.8) is 0 Å². The summed E-state index contributed by atoms with van der Waals surface area (Å²) in [5.41, 5.74) is 6.60. The van der Waals surface area contributed by atoms with Gasteiger partial charge in [-0.2, -0.15) is 0 Å². The van der Waals surface area contributed by atoms with E-state index in [0.717, 1.165) is 0 Å². The Morgan fingerprint density at radius 2 is 2.19 bits per heavy atom. The van der Waals surface area contributed by atoms with Gasteiger partial charge in [0.25, 0.3) is 5.91 Å². The number of aryl methyl sites for hydroxylation is 1. The number of primary amides is 1. The number of aliphatic hydroxyl groups excluding tert-OH is 1. The zero-order valence-electron chi connectivity index (χ0n) is 14.5. The maximum atomic E-state index is 12.6. The lowest BCUT2D eigenvalue weighted by Gasteiger charge is -2.12. The maximum Gasteiger partial charge on any atom is 0.256 e. The Kier molecular flexibility index (Phi) is 5.32. The molecule has 0 aliphatic carbocycles. The van der Waals surface area contributed by atoms with Gasteiger partial charge in [0, 0.05) is 11.6 Å². The summed E-state index contributed by atoms with van der Waals surface area (Å²) < 4.78 is 11.3. The van der Waals surface area contributed by atoms with E-state index >= 15 is 0 Å². The fourth-order valence-electron chi connectivity index (χ4n) is 2.57. The molecule has 9 heteroatoms. The number of carbonyl (C=O) groups excluding carboxylic acids is 2. The van der Waals surface area contributed by atoms with Crippen LogP contribution in [-0.4, -0.2) is 39.5 Å². The highest BCUT2D eigenvalue weighted by Crippen LogP contribution is 2.29. The van der Waals surface area contributed by atoms with Crippen LogP contribution in [0.4, 0.5) is 0 Å². The number of nitrogens with two attached hydrogens (primary N) is 1. The Morgan fingerprint density at radius 1 is 1.37 bits per heavy atom. The normalized spacial score (nSPS) is 11.9. The summed E-state index contributed by atoms with van der Waals surface area (Å²) in [6, 6.07) is 5.62. The molecule has 9 nitrogen and oxygen atoms in total. The third kappa shape index (κ3) is 4.04. The largest absolute Gasteiger partial charge is 0.487 e. The molecule has 0 radical (unpaired) electrons. The lowest BCUT2D eigenvalue weighted by molar-refractivity contribution is -0.120. The number of aromatic nitrogens is 2. The van der Waals surface area contributed by atoms with Crippen LogP contribution in [0.15, 0.2) is 41.2 Å². The standard InChI is InChI=1S/C18H18N4O5/c1-10-16(18(25)22-14(7-23)17(19)24)13-6-12(2-3-15(13)27-10)26-8-11-4-5-20-9-21-11/h2-6,9,14,23H,7-8H2,1H3,(H2,19,24)(H,22,25). The number of benzene rings is 1. The molecule has 2 amide bonds. The quantitative estimate of drug-likeness (QED) is 0.555. The maximum absolute atomic E-state index is 12.6. The van der Waals surface area contributed by atoms with Gasteiger partial charge in [-0.15, -0.1) is 0 Å². The Hall–Kier alpha value is -3.46. The molecule has 27 heavy (non-hydrogen) atoms. The number of ether oxygens (including phenoxy) is 1. The molecule has 1 aromatic carbocycles. The molecule has 0 saturated heterocycles. The SMILES string of the molecule is Cc1oc2ccc(OCc3ccncn3)cc2c1C(=O)NC(CO)C(N)=O.